The van der Waals surface area contributed by atoms with E-state index >= 15 is 0 Å². The first-order valence-electron chi connectivity index (χ1n) is 7.30. The molecule has 0 bridgehead atoms. The Kier molecular flexibility index (Phi) is 5.36. The molecule has 0 atom stereocenters. The van der Waals surface area contributed by atoms with Crippen molar-refractivity contribution in [3.63, 3.8) is 0 Å². The van der Waals surface area contributed by atoms with Crippen LogP contribution in [0.15, 0.2) is 4.52 Å². The van der Waals surface area contributed by atoms with Gasteiger partial charge in [0, 0.05) is 18.8 Å². The van der Waals surface area contributed by atoms with Gasteiger partial charge in [0.05, 0.1) is 0 Å². The maximum atomic E-state index is 10.4. The van der Waals surface area contributed by atoms with Crippen LogP contribution >= 0.6 is 0 Å². The van der Waals surface area contributed by atoms with Gasteiger partial charge < -0.3 is 9.63 Å². The molecular formula is C14H22N2O3. The average molecular weight is 266 g/mol. The van der Waals surface area contributed by atoms with Crippen LogP contribution in [0.3, 0.4) is 0 Å². The Hall–Kier alpha value is -1.39. The normalized spacial score (nSPS) is 17.9. The maximum Gasteiger partial charge on any atom is 0.303 e. The molecule has 1 N–H and O–H groups in total. The van der Waals surface area contributed by atoms with Crippen LogP contribution < -0.4 is 0 Å². The summed E-state index contributed by atoms with van der Waals surface area (Å²) < 4.78 is 5.22. The Labute approximate surface area is 113 Å². The smallest absolute Gasteiger partial charge is 0.303 e. The van der Waals surface area contributed by atoms with Crippen molar-refractivity contribution in [2.24, 2.45) is 0 Å². The third-order valence-electron chi connectivity index (χ3n) is 3.74. The lowest BCUT2D eigenvalue weighted by molar-refractivity contribution is -0.137. The Bertz CT molecular complexity index is 395. The number of carboxylic acids is 1. The van der Waals surface area contributed by atoms with Gasteiger partial charge in [0.25, 0.3) is 0 Å². The summed E-state index contributed by atoms with van der Waals surface area (Å²) in [7, 11) is 0. The second-order valence-electron chi connectivity index (χ2n) is 5.34. The number of aromatic nitrogens is 2. The minimum Gasteiger partial charge on any atom is -0.481 e. The summed E-state index contributed by atoms with van der Waals surface area (Å²) in [6.45, 7) is 0. The summed E-state index contributed by atoms with van der Waals surface area (Å²) in [6.07, 6.45) is 10.0. The average Bonchev–Trinajstić information content (AvgIpc) is 2.76. The van der Waals surface area contributed by atoms with Crippen molar-refractivity contribution in [3.8, 4) is 0 Å². The van der Waals surface area contributed by atoms with Crippen molar-refractivity contribution >= 4 is 5.97 Å². The van der Waals surface area contributed by atoms with Gasteiger partial charge in [-0.05, 0) is 19.3 Å². The molecule has 0 unspecified atom stereocenters. The number of carbonyl (C=O) groups is 1. The van der Waals surface area contributed by atoms with Gasteiger partial charge in [0.2, 0.25) is 5.89 Å². The molecule has 106 valence electrons. The van der Waals surface area contributed by atoms with Gasteiger partial charge >= 0.3 is 5.97 Å². The molecule has 19 heavy (non-hydrogen) atoms. The van der Waals surface area contributed by atoms with Crippen molar-refractivity contribution in [2.75, 3.05) is 0 Å². The third-order valence-corrected chi connectivity index (χ3v) is 3.74. The summed E-state index contributed by atoms with van der Waals surface area (Å²) in [4.78, 5) is 14.9. The molecule has 5 heteroatoms. The number of nitrogens with zero attached hydrogens (tertiary/aromatic N) is 2. The minimum atomic E-state index is -0.778. The van der Waals surface area contributed by atoms with Gasteiger partial charge in [0.1, 0.15) is 0 Å². The molecule has 1 saturated carbocycles. The van der Waals surface area contributed by atoms with E-state index in [2.05, 4.69) is 10.1 Å². The van der Waals surface area contributed by atoms with E-state index in [4.69, 9.17) is 9.63 Å². The molecule has 0 spiro atoms. The van der Waals surface area contributed by atoms with E-state index in [1.54, 1.807) is 0 Å². The first kappa shape index (κ1) is 14.0. The van der Waals surface area contributed by atoms with Crippen molar-refractivity contribution in [3.05, 3.63) is 11.7 Å². The second kappa shape index (κ2) is 7.26. The summed E-state index contributed by atoms with van der Waals surface area (Å²) in [6, 6.07) is 0. The highest BCUT2D eigenvalue weighted by atomic mass is 16.5. The second-order valence-corrected chi connectivity index (χ2v) is 5.34. The lowest BCUT2D eigenvalue weighted by atomic mass is 9.91. The van der Waals surface area contributed by atoms with Crippen molar-refractivity contribution in [1.29, 1.82) is 0 Å². The topological polar surface area (TPSA) is 76.2 Å². The van der Waals surface area contributed by atoms with Crippen LogP contribution in [-0.4, -0.2) is 21.2 Å². The molecule has 1 aliphatic carbocycles. The van der Waals surface area contributed by atoms with Gasteiger partial charge in [-0.1, -0.05) is 37.3 Å². The van der Waals surface area contributed by atoms with E-state index in [1.807, 2.05) is 0 Å². The fourth-order valence-corrected chi connectivity index (χ4v) is 2.64. The van der Waals surface area contributed by atoms with Crippen LogP contribution in [0, 0.1) is 0 Å². The Morgan fingerprint density at radius 2 is 1.89 bits per heavy atom. The number of rotatable bonds is 5. The van der Waals surface area contributed by atoms with E-state index in [0.717, 1.165) is 18.7 Å². The number of aryl methyl sites for hydroxylation is 1. The van der Waals surface area contributed by atoms with E-state index in [-0.39, 0.29) is 6.42 Å². The largest absolute Gasteiger partial charge is 0.481 e. The summed E-state index contributed by atoms with van der Waals surface area (Å²) in [5, 5.41) is 12.7. The van der Waals surface area contributed by atoms with Gasteiger partial charge in [-0.15, -0.1) is 0 Å². The van der Waals surface area contributed by atoms with Crippen LogP contribution in [0.2, 0.25) is 0 Å². The van der Waals surface area contributed by atoms with Crippen LogP contribution in [0.5, 0.6) is 0 Å². The molecule has 1 heterocycles. The zero-order valence-corrected chi connectivity index (χ0v) is 11.3. The molecule has 0 radical (unpaired) electrons. The molecule has 0 aliphatic heterocycles. The number of hydrogen-bond acceptors (Lipinski definition) is 4. The van der Waals surface area contributed by atoms with E-state index < -0.39 is 5.97 Å². The molecule has 0 amide bonds. The third kappa shape index (κ3) is 4.65. The number of hydrogen-bond donors (Lipinski definition) is 1. The van der Waals surface area contributed by atoms with Crippen molar-refractivity contribution in [2.45, 2.75) is 70.1 Å². The molecule has 0 saturated heterocycles. The molecule has 0 aromatic carbocycles. The fraction of sp³-hybridized carbons (Fsp3) is 0.786. The van der Waals surface area contributed by atoms with Crippen molar-refractivity contribution in [1.82, 2.24) is 10.1 Å². The van der Waals surface area contributed by atoms with Gasteiger partial charge in [-0.25, -0.2) is 0 Å². The van der Waals surface area contributed by atoms with Crippen LogP contribution in [0.4, 0.5) is 0 Å². The lowest BCUT2D eigenvalue weighted by Crippen LogP contribution is -2.04. The first-order chi connectivity index (χ1) is 9.25. The van der Waals surface area contributed by atoms with E-state index in [1.165, 1.54) is 32.1 Å². The molecule has 1 aromatic heterocycles. The van der Waals surface area contributed by atoms with Gasteiger partial charge in [0.15, 0.2) is 5.82 Å². The van der Waals surface area contributed by atoms with Crippen LogP contribution in [0.25, 0.3) is 0 Å². The van der Waals surface area contributed by atoms with Crippen LogP contribution in [-0.2, 0) is 11.2 Å². The highest BCUT2D eigenvalue weighted by Crippen LogP contribution is 2.29. The monoisotopic (exact) mass is 266 g/mol. The highest BCUT2D eigenvalue weighted by molar-refractivity contribution is 5.66. The standard InChI is InChI=1S/C14H22N2O3/c17-13(18)10-6-9-12-15-14(16-19-12)11-7-4-2-1-3-5-8-11/h11H,1-10H2,(H,17,18). The number of carboxylic acid groups (broad SMARTS) is 1. The number of aliphatic carboxylic acids is 1. The molecule has 1 aliphatic rings. The molecule has 1 fully saturated rings. The zero-order valence-electron chi connectivity index (χ0n) is 11.3. The summed E-state index contributed by atoms with van der Waals surface area (Å²) in [5.41, 5.74) is 0. The Morgan fingerprint density at radius 1 is 1.21 bits per heavy atom. The quantitative estimate of drug-likeness (QED) is 0.884. The Balaban J connectivity index is 1.85. The summed E-state index contributed by atoms with van der Waals surface area (Å²) in [5.74, 6) is 1.06. The van der Waals surface area contributed by atoms with Gasteiger partial charge in [-0.3, -0.25) is 4.79 Å². The molecule has 1 aromatic rings. The molecule has 2 rings (SSSR count). The predicted molar refractivity (Wildman–Crippen MR) is 69.9 cm³/mol. The fourth-order valence-electron chi connectivity index (χ4n) is 2.64. The van der Waals surface area contributed by atoms with Gasteiger partial charge in [-0.2, -0.15) is 4.98 Å². The van der Waals surface area contributed by atoms with Crippen molar-refractivity contribution < 1.29 is 14.4 Å². The molecule has 5 nitrogen and oxygen atoms in total. The highest BCUT2D eigenvalue weighted by Gasteiger charge is 2.19. The predicted octanol–water partition coefficient (Wildman–Crippen LogP) is 3.30. The van der Waals surface area contributed by atoms with E-state index in [9.17, 15) is 4.79 Å². The molecular weight excluding hydrogens is 244 g/mol. The van der Waals surface area contributed by atoms with Crippen LogP contribution in [0.1, 0.15) is 75.4 Å². The first-order valence-corrected chi connectivity index (χ1v) is 7.30. The SMILES string of the molecule is O=C(O)CCCc1nc(C2CCCCCCC2)no1. The van der Waals surface area contributed by atoms with E-state index in [0.29, 0.717) is 24.7 Å². The summed E-state index contributed by atoms with van der Waals surface area (Å²) >= 11 is 0. The maximum absolute atomic E-state index is 10.4. The minimum absolute atomic E-state index is 0.154. The zero-order chi connectivity index (χ0) is 13.5. The lowest BCUT2D eigenvalue weighted by Gasteiger charge is -2.15. The Morgan fingerprint density at radius 3 is 2.58 bits per heavy atom.